The van der Waals surface area contributed by atoms with Crippen LogP contribution in [0.3, 0.4) is 0 Å². The molecule has 142 valence electrons. The highest BCUT2D eigenvalue weighted by Crippen LogP contribution is 2.46. The zero-order chi connectivity index (χ0) is 19.0. The number of carbonyl (C=O) groups is 1. The third-order valence-corrected chi connectivity index (χ3v) is 6.22. The second kappa shape index (κ2) is 8.04. The molecule has 2 fully saturated rings. The van der Waals surface area contributed by atoms with Crippen LogP contribution in [0, 0.1) is 5.92 Å². The molecule has 0 radical (unpaired) electrons. The number of hydrogen-bond donors (Lipinski definition) is 1. The van der Waals surface area contributed by atoms with Crippen LogP contribution in [0.25, 0.3) is 0 Å². The van der Waals surface area contributed by atoms with Crippen LogP contribution in [0.4, 0.5) is 0 Å². The van der Waals surface area contributed by atoms with Gasteiger partial charge in [-0.05, 0) is 54.2 Å². The van der Waals surface area contributed by atoms with Crippen molar-refractivity contribution in [2.75, 3.05) is 12.4 Å². The second-order valence-electron chi connectivity index (χ2n) is 7.17. The molecule has 1 heterocycles. The molecule has 4 rings (SSSR count). The van der Waals surface area contributed by atoms with Crippen molar-refractivity contribution in [3.05, 3.63) is 69.7 Å². The number of rotatable bonds is 5. The van der Waals surface area contributed by atoms with E-state index in [1.165, 1.54) is 0 Å². The molecule has 1 aliphatic heterocycles. The maximum atomic E-state index is 12.9. The van der Waals surface area contributed by atoms with Crippen LogP contribution >= 0.6 is 35.8 Å². The van der Waals surface area contributed by atoms with Crippen LogP contribution in [0.15, 0.2) is 48.5 Å². The molecular formula is C21H21Cl2NO2S. The van der Waals surface area contributed by atoms with Crippen molar-refractivity contribution in [3.8, 4) is 0 Å². The predicted octanol–water partition coefficient (Wildman–Crippen LogP) is 5.34. The third kappa shape index (κ3) is 4.00. The van der Waals surface area contributed by atoms with E-state index in [1.54, 1.807) is 0 Å². The minimum Gasteiger partial charge on any atom is -0.361 e. The van der Waals surface area contributed by atoms with Gasteiger partial charge in [0.2, 0.25) is 5.91 Å². The maximum absolute atomic E-state index is 12.9. The fraction of sp³-hybridized carbons (Fsp3) is 0.381. The molecule has 1 aliphatic carbocycles. The Morgan fingerprint density at radius 2 is 1.81 bits per heavy atom. The van der Waals surface area contributed by atoms with Gasteiger partial charge >= 0.3 is 0 Å². The summed E-state index contributed by atoms with van der Waals surface area (Å²) in [6.07, 6.45) is 2.00. The van der Waals surface area contributed by atoms with E-state index in [9.17, 15) is 4.79 Å². The number of morpholine rings is 1. The van der Waals surface area contributed by atoms with E-state index in [2.05, 4.69) is 12.6 Å². The summed E-state index contributed by atoms with van der Waals surface area (Å²) in [4.78, 5) is 14.9. The van der Waals surface area contributed by atoms with Crippen LogP contribution in [-0.2, 0) is 9.53 Å². The topological polar surface area (TPSA) is 29.5 Å². The number of carbonyl (C=O) groups excluding carboxylic acids is 1. The minimum absolute atomic E-state index is 0.0131. The van der Waals surface area contributed by atoms with E-state index in [4.69, 9.17) is 27.9 Å². The summed E-state index contributed by atoms with van der Waals surface area (Å²) in [5.41, 5.74) is 1.97. The van der Waals surface area contributed by atoms with E-state index >= 15 is 0 Å². The van der Waals surface area contributed by atoms with E-state index in [1.807, 2.05) is 53.4 Å². The van der Waals surface area contributed by atoms with E-state index < -0.39 is 0 Å². The van der Waals surface area contributed by atoms with Crippen LogP contribution in [-0.4, -0.2) is 29.2 Å². The fourth-order valence-corrected chi connectivity index (χ4v) is 4.72. The van der Waals surface area contributed by atoms with Gasteiger partial charge in [-0.15, -0.1) is 0 Å². The first-order chi connectivity index (χ1) is 13.1. The number of amides is 1. The smallest absolute Gasteiger partial charge is 0.249 e. The van der Waals surface area contributed by atoms with Gasteiger partial charge in [-0.3, -0.25) is 4.79 Å². The Morgan fingerprint density at radius 1 is 1.07 bits per heavy atom. The van der Waals surface area contributed by atoms with Crippen molar-refractivity contribution in [2.24, 2.45) is 5.92 Å². The van der Waals surface area contributed by atoms with E-state index in [0.29, 0.717) is 21.7 Å². The average molecular weight is 422 g/mol. The molecule has 3 unspecified atom stereocenters. The average Bonchev–Trinajstić information content (AvgIpc) is 3.49. The summed E-state index contributed by atoms with van der Waals surface area (Å²) in [7, 11) is 0. The highest BCUT2D eigenvalue weighted by Gasteiger charge is 2.46. The first kappa shape index (κ1) is 19.1. The summed E-state index contributed by atoms with van der Waals surface area (Å²) < 4.78 is 6.05. The van der Waals surface area contributed by atoms with Gasteiger partial charge in [0.05, 0.1) is 6.04 Å². The highest BCUT2D eigenvalue weighted by atomic mass is 35.5. The molecular weight excluding hydrogens is 401 g/mol. The lowest BCUT2D eigenvalue weighted by atomic mass is 9.91. The molecule has 1 saturated heterocycles. The molecule has 0 N–H and O–H groups in total. The third-order valence-electron chi connectivity index (χ3n) is 5.36. The Hall–Kier alpha value is -1.20. The van der Waals surface area contributed by atoms with Crippen LogP contribution in [0.5, 0.6) is 0 Å². The van der Waals surface area contributed by atoms with Gasteiger partial charge < -0.3 is 9.64 Å². The summed E-state index contributed by atoms with van der Waals surface area (Å²) in [6.45, 7) is 0.0677. The van der Waals surface area contributed by atoms with Crippen molar-refractivity contribution in [3.63, 3.8) is 0 Å². The number of hydrogen-bond acceptors (Lipinski definition) is 3. The predicted molar refractivity (Wildman–Crippen MR) is 112 cm³/mol. The lowest BCUT2D eigenvalue weighted by molar-refractivity contribution is -0.163. The van der Waals surface area contributed by atoms with Crippen LogP contribution in [0.2, 0.25) is 10.0 Å². The van der Waals surface area contributed by atoms with Gasteiger partial charge in [0.1, 0.15) is 12.7 Å². The standard InChI is InChI=1S/C21H21Cl2NO2S/c22-16-8-6-14(7-9-16)20-21(15-2-1-3-17(23)10-15)26-11-19(25)24(20)18(12-27)13-4-5-13/h1-3,6-10,13,18,20-21,27H,4-5,11-12H2. The van der Waals surface area contributed by atoms with E-state index in [-0.39, 0.29) is 30.7 Å². The van der Waals surface area contributed by atoms with Crippen molar-refractivity contribution in [1.29, 1.82) is 0 Å². The lowest BCUT2D eigenvalue weighted by Gasteiger charge is -2.45. The van der Waals surface area contributed by atoms with Gasteiger partial charge in [-0.1, -0.05) is 47.5 Å². The Balaban J connectivity index is 1.79. The van der Waals surface area contributed by atoms with Gasteiger partial charge in [0, 0.05) is 21.8 Å². The van der Waals surface area contributed by atoms with Gasteiger partial charge in [-0.25, -0.2) is 0 Å². The minimum atomic E-state index is -0.288. The molecule has 0 spiro atoms. The van der Waals surface area contributed by atoms with Crippen LogP contribution in [0.1, 0.15) is 36.1 Å². The normalized spacial score (nSPS) is 24.1. The first-order valence-corrected chi connectivity index (χ1v) is 10.5. The maximum Gasteiger partial charge on any atom is 0.249 e. The molecule has 3 atom stereocenters. The number of thiol groups is 1. The Kier molecular flexibility index (Phi) is 5.70. The molecule has 0 aromatic heterocycles. The molecule has 27 heavy (non-hydrogen) atoms. The zero-order valence-electron chi connectivity index (χ0n) is 14.7. The monoisotopic (exact) mass is 421 g/mol. The Labute approximate surface area is 175 Å². The van der Waals surface area contributed by atoms with Crippen LogP contribution < -0.4 is 0 Å². The second-order valence-corrected chi connectivity index (χ2v) is 8.41. The largest absolute Gasteiger partial charge is 0.361 e. The molecule has 1 amide bonds. The summed E-state index contributed by atoms with van der Waals surface area (Å²) in [5, 5.41) is 1.32. The lowest BCUT2D eigenvalue weighted by Crippen LogP contribution is -2.52. The number of nitrogens with zero attached hydrogens (tertiary/aromatic N) is 1. The molecule has 2 aromatic rings. The molecule has 1 saturated carbocycles. The quantitative estimate of drug-likeness (QED) is 0.659. The summed E-state index contributed by atoms with van der Waals surface area (Å²) >= 11 is 16.9. The zero-order valence-corrected chi connectivity index (χ0v) is 17.1. The number of halogens is 2. The van der Waals surface area contributed by atoms with Crippen molar-refractivity contribution >= 4 is 41.7 Å². The highest BCUT2D eigenvalue weighted by molar-refractivity contribution is 7.80. The fourth-order valence-electron chi connectivity index (χ4n) is 3.92. The number of ether oxygens (including phenoxy) is 1. The molecule has 6 heteroatoms. The van der Waals surface area contributed by atoms with Crippen molar-refractivity contribution < 1.29 is 9.53 Å². The molecule has 0 bridgehead atoms. The van der Waals surface area contributed by atoms with Gasteiger partial charge in [-0.2, -0.15) is 12.6 Å². The summed E-state index contributed by atoms with van der Waals surface area (Å²) in [5.74, 6) is 1.17. The molecule has 3 nitrogen and oxygen atoms in total. The van der Waals surface area contributed by atoms with Gasteiger partial charge in [0.25, 0.3) is 0 Å². The van der Waals surface area contributed by atoms with Gasteiger partial charge in [0.15, 0.2) is 0 Å². The SMILES string of the molecule is O=C1COC(c2cccc(Cl)c2)C(c2ccc(Cl)cc2)N1C(CS)C1CC1. The van der Waals surface area contributed by atoms with Crippen molar-refractivity contribution in [2.45, 2.75) is 31.0 Å². The first-order valence-electron chi connectivity index (χ1n) is 9.13. The molecule has 2 aromatic carbocycles. The van der Waals surface area contributed by atoms with Crippen molar-refractivity contribution in [1.82, 2.24) is 4.90 Å². The van der Waals surface area contributed by atoms with E-state index in [0.717, 1.165) is 24.0 Å². The summed E-state index contributed by atoms with van der Waals surface area (Å²) in [6, 6.07) is 15.2. The Morgan fingerprint density at radius 3 is 2.44 bits per heavy atom. The number of benzene rings is 2. The molecule has 2 aliphatic rings. The Bertz CT molecular complexity index is 825.